The fraction of sp³-hybridized carbons (Fsp3) is 0.316. The van der Waals surface area contributed by atoms with Crippen LogP contribution in [0.5, 0.6) is 5.75 Å². The number of carbonyl (C=O) groups excluding carboxylic acids is 1. The second kappa shape index (κ2) is 8.79. The Bertz CT molecular complexity index is 939. The van der Waals surface area contributed by atoms with Crippen LogP contribution >= 0.6 is 0 Å². The molecule has 4 nitrogen and oxygen atoms in total. The summed E-state index contributed by atoms with van der Waals surface area (Å²) < 4.78 is 126. The minimum absolute atomic E-state index is 0.0452. The number of halogens is 9. The molecule has 0 aliphatic rings. The number of amides is 1. The Morgan fingerprint density at radius 3 is 2.00 bits per heavy atom. The smallest absolute Gasteiger partial charge is 0.439 e. The Morgan fingerprint density at radius 1 is 0.875 bits per heavy atom. The molecule has 0 atom stereocenters. The normalized spacial score (nSPS) is 12.9. The van der Waals surface area contributed by atoms with Crippen LogP contribution < -0.4 is 15.4 Å². The average Bonchev–Trinajstić information content (AvgIpc) is 2.66. The number of rotatable bonds is 6. The van der Waals surface area contributed by atoms with E-state index in [0.29, 0.717) is 18.2 Å². The number of ether oxygens (including phenoxy) is 1. The molecule has 0 saturated heterocycles. The van der Waals surface area contributed by atoms with Crippen LogP contribution in [0.4, 0.5) is 45.2 Å². The lowest BCUT2D eigenvalue weighted by molar-refractivity contribution is -0.294. The van der Waals surface area contributed by atoms with Crippen molar-refractivity contribution in [1.29, 1.82) is 0 Å². The fourth-order valence-electron chi connectivity index (χ4n) is 2.64. The van der Waals surface area contributed by atoms with Crippen molar-refractivity contribution in [2.75, 3.05) is 11.9 Å². The molecule has 0 saturated carbocycles. The summed E-state index contributed by atoms with van der Waals surface area (Å²) in [5, 5.41) is 1.89. The third-order valence-corrected chi connectivity index (χ3v) is 4.10. The Balaban J connectivity index is 2.58. The van der Waals surface area contributed by atoms with Crippen molar-refractivity contribution in [3.05, 3.63) is 59.7 Å². The van der Waals surface area contributed by atoms with Gasteiger partial charge in [-0.2, -0.15) is 39.5 Å². The van der Waals surface area contributed by atoms with Crippen molar-refractivity contribution in [1.82, 2.24) is 5.32 Å². The number of hydrogen-bond acceptors (Lipinski definition) is 3. The maximum atomic E-state index is 13.8. The highest BCUT2D eigenvalue weighted by atomic mass is 19.4. The minimum atomic E-state index is -6.21. The highest BCUT2D eigenvalue weighted by Gasteiger charge is 2.72. The maximum Gasteiger partial charge on any atom is 0.439 e. The van der Waals surface area contributed by atoms with Gasteiger partial charge in [-0.05, 0) is 37.3 Å². The van der Waals surface area contributed by atoms with Crippen LogP contribution in [-0.2, 0) is 6.18 Å². The molecule has 0 unspecified atom stereocenters. The highest BCUT2D eigenvalue weighted by molar-refractivity contribution is 5.97. The summed E-state index contributed by atoms with van der Waals surface area (Å²) in [6.45, 7) is 1.43. The summed E-state index contributed by atoms with van der Waals surface area (Å²) in [6.07, 6.45) is -17.5. The van der Waals surface area contributed by atoms with E-state index < -0.39 is 46.9 Å². The van der Waals surface area contributed by atoms with E-state index in [1.165, 1.54) is 19.1 Å². The Kier molecular flexibility index (Phi) is 6.90. The van der Waals surface area contributed by atoms with E-state index in [4.69, 9.17) is 4.74 Å². The predicted octanol–water partition coefficient (Wildman–Crippen LogP) is 5.77. The number of carbonyl (C=O) groups is 1. The molecule has 2 aromatic carbocycles. The van der Waals surface area contributed by atoms with Crippen molar-refractivity contribution in [3.63, 3.8) is 0 Å². The molecule has 0 heterocycles. The molecule has 32 heavy (non-hydrogen) atoms. The molecule has 0 spiro atoms. The molecular formula is C19H15F9N2O2. The first kappa shape index (κ1) is 25.1. The van der Waals surface area contributed by atoms with Gasteiger partial charge < -0.3 is 15.4 Å². The quantitative estimate of drug-likeness (QED) is 0.413. The monoisotopic (exact) mass is 474 g/mol. The topological polar surface area (TPSA) is 50.4 Å². The van der Waals surface area contributed by atoms with Gasteiger partial charge >= 0.3 is 24.2 Å². The summed E-state index contributed by atoms with van der Waals surface area (Å²) in [7, 11) is 0. The molecular weight excluding hydrogens is 459 g/mol. The van der Waals surface area contributed by atoms with Crippen LogP contribution in [0.25, 0.3) is 0 Å². The molecule has 0 aliphatic carbocycles. The molecule has 0 aromatic heterocycles. The Labute approximate surface area is 175 Å². The molecule has 0 aliphatic heterocycles. The fourth-order valence-corrected chi connectivity index (χ4v) is 2.64. The van der Waals surface area contributed by atoms with E-state index in [1.54, 1.807) is 0 Å². The Morgan fingerprint density at radius 2 is 1.47 bits per heavy atom. The molecule has 2 rings (SSSR count). The minimum Gasteiger partial charge on any atom is -0.493 e. The van der Waals surface area contributed by atoms with E-state index in [9.17, 15) is 44.3 Å². The number of nitrogens with one attached hydrogen (secondary N) is 2. The zero-order chi connectivity index (χ0) is 24.4. The molecule has 0 bridgehead atoms. The van der Waals surface area contributed by atoms with Crippen LogP contribution in [0.1, 0.15) is 22.8 Å². The maximum absolute atomic E-state index is 13.8. The van der Waals surface area contributed by atoms with Crippen LogP contribution in [0.3, 0.4) is 0 Å². The highest BCUT2D eigenvalue weighted by Crippen LogP contribution is 2.44. The second-order valence-electron chi connectivity index (χ2n) is 6.33. The lowest BCUT2D eigenvalue weighted by Gasteiger charge is -2.39. The van der Waals surface area contributed by atoms with Crippen molar-refractivity contribution in [2.45, 2.75) is 31.1 Å². The van der Waals surface area contributed by atoms with E-state index in [-0.39, 0.29) is 18.4 Å². The number of anilines is 1. The van der Waals surface area contributed by atoms with Crippen LogP contribution in [0, 0.1) is 0 Å². The van der Waals surface area contributed by atoms with Crippen LogP contribution in [0.2, 0.25) is 0 Å². The van der Waals surface area contributed by atoms with Crippen LogP contribution in [0.15, 0.2) is 48.5 Å². The standard InChI is InChI=1S/C19H15F9N2O2/c1-2-32-14-9-4-3-8-13(14)15(31)30-17(18(23,24)25,19(26,27)28)29-12-7-5-6-11(10-12)16(20,21)22/h3-10,29H,2H2,1H3,(H,30,31). The average molecular weight is 474 g/mol. The van der Waals surface area contributed by atoms with Crippen molar-refractivity contribution in [2.24, 2.45) is 0 Å². The first-order chi connectivity index (χ1) is 14.6. The molecule has 176 valence electrons. The van der Waals surface area contributed by atoms with Crippen molar-refractivity contribution in [3.8, 4) is 5.75 Å². The van der Waals surface area contributed by atoms with Crippen molar-refractivity contribution < 1.29 is 49.0 Å². The molecule has 0 fully saturated rings. The number of benzene rings is 2. The van der Waals surface area contributed by atoms with Gasteiger partial charge in [0.25, 0.3) is 5.91 Å². The van der Waals surface area contributed by atoms with Gasteiger partial charge in [0.1, 0.15) is 5.75 Å². The first-order valence-corrected chi connectivity index (χ1v) is 8.75. The first-order valence-electron chi connectivity index (χ1n) is 8.75. The van der Waals surface area contributed by atoms with Gasteiger partial charge in [-0.15, -0.1) is 0 Å². The van der Waals surface area contributed by atoms with E-state index in [0.717, 1.165) is 22.8 Å². The zero-order valence-corrected chi connectivity index (χ0v) is 16.0. The molecule has 13 heteroatoms. The number of para-hydroxylation sites is 1. The Hall–Kier alpha value is -3.12. The summed E-state index contributed by atoms with van der Waals surface area (Å²) in [6, 6.07) is 6.32. The third-order valence-electron chi connectivity index (χ3n) is 4.10. The van der Waals surface area contributed by atoms with Crippen molar-refractivity contribution >= 4 is 11.6 Å². The van der Waals surface area contributed by atoms with Gasteiger partial charge in [-0.25, -0.2) is 0 Å². The van der Waals surface area contributed by atoms with E-state index in [1.807, 2.05) is 0 Å². The summed E-state index contributed by atoms with van der Waals surface area (Å²) in [5.41, 5.74) is -8.42. The van der Waals surface area contributed by atoms with Gasteiger partial charge in [-0.3, -0.25) is 4.79 Å². The van der Waals surface area contributed by atoms with Gasteiger partial charge in [0.05, 0.1) is 17.7 Å². The van der Waals surface area contributed by atoms with Gasteiger partial charge in [0, 0.05) is 5.69 Å². The molecule has 2 aromatic rings. The van der Waals surface area contributed by atoms with Gasteiger partial charge in [0.2, 0.25) is 0 Å². The number of alkyl halides is 9. The zero-order valence-electron chi connectivity index (χ0n) is 16.0. The molecule has 0 radical (unpaired) electrons. The van der Waals surface area contributed by atoms with E-state index >= 15 is 0 Å². The van der Waals surface area contributed by atoms with Crippen LogP contribution in [-0.4, -0.2) is 30.5 Å². The molecule has 1 amide bonds. The summed E-state index contributed by atoms with van der Waals surface area (Å²) >= 11 is 0. The lowest BCUT2D eigenvalue weighted by Crippen LogP contribution is -2.72. The SMILES string of the molecule is CCOc1ccccc1C(=O)NC(Nc1cccc(C(F)(F)F)c1)(C(F)(F)F)C(F)(F)F. The number of hydrogen-bond donors (Lipinski definition) is 2. The van der Waals surface area contributed by atoms with Gasteiger partial charge in [-0.1, -0.05) is 18.2 Å². The second-order valence-corrected chi connectivity index (χ2v) is 6.33. The predicted molar refractivity (Wildman–Crippen MR) is 95.0 cm³/mol. The van der Waals surface area contributed by atoms with E-state index in [2.05, 4.69) is 0 Å². The van der Waals surface area contributed by atoms with Gasteiger partial charge in [0.15, 0.2) is 0 Å². The molecule has 2 N–H and O–H groups in total. The summed E-state index contributed by atoms with van der Waals surface area (Å²) in [5.74, 6) is -2.10. The summed E-state index contributed by atoms with van der Waals surface area (Å²) in [4.78, 5) is 12.5. The third kappa shape index (κ3) is 5.19. The largest absolute Gasteiger partial charge is 0.493 e. The lowest BCUT2D eigenvalue weighted by atomic mass is 10.1.